The molecule has 0 radical (unpaired) electrons. The first-order valence-corrected chi connectivity index (χ1v) is 3.52. The summed E-state index contributed by atoms with van der Waals surface area (Å²) in [5.74, 6) is 0. The van der Waals surface area contributed by atoms with E-state index in [9.17, 15) is 0 Å². The summed E-state index contributed by atoms with van der Waals surface area (Å²) in [4.78, 5) is 0. The van der Waals surface area contributed by atoms with E-state index in [1.54, 1.807) is 12.2 Å². The second-order valence-corrected chi connectivity index (χ2v) is 2.31. The van der Waals surface area contributed by atoms with Crippen molar-refractivity contribution in [2.75, 3.05) is 13.6 Å². The molecule has 5 heteroatoms. The average Bonchev–Trinajstić information content (AvgIpc) is 2.40. The summed E-state index contributed by atoms with van der Waals surface area (Å²) in [6, 6.07) is 0. The highest BCUT2D eigenvalue weighted by Gasteiger charge is 2.04. The smallest absolute Gasteiger partial charge is 0.186 e. The van der Waals surface area contributed by atoms with E-state index in [4.69, 9.17) is 12.2 Å². The maximum atomic E-state index is 4.85. The van der Waals surface area contributed by atoms with Crippen molar-refractivity contribution in [1.29, 1.82) is 0 Å². The zero-order valence-electron chi connectivity index (χ0n) is 5.79. The standard InChI is InChI=1S/C5H10N4S/c1-6-5(10)8-9-4-2-3-7-9/h3H,2,4H2,1H3,(H2,6,8,10). The Morgan fingerprint density at radius 1 is 1.80 bits per heavy atom. The molecule has 0 amide bonds. The molecule has 0 aromatic heterocycles. The zero-order chi connectivity index (χ0) is 7.40. The van der Waals surface area contributed by atoms with Crippen LogP contribution < -0.4 is 10.7 Å². The summed E-state index contributed by atoms with van der Waals surface area (Å²) in [5, 5.41) is 9.09. The molecule has 56 valence electrons. The van der Waals surface area contributed by atoms with Crippen molar-refractivity contribution < 1.29 is 0 Å². The Hall–Kier alpha value is -0.840. The highest BCUT2D eigenvalue weighted by atomic mass is 32.1. The molecule has 0 fully saturated rings. The quantitative estimate of drug-likeness (QED) is 0.513. The lowest BCUT2D eigenvalue weighted by Crippen LogP contribution is -2.42. The molecule has 0 saturated heterocycles. The molecule has 1 rings (SSSR count). The monoisotopic (exact) mass is 158 g/mol. The minimum absolute atomic E-state index is 0.596. The van der Waals surface area contributed by atoms with Crippen LogP contribution in [0.4, 0.5) is 0 Å². The second-order valence-electron chi connectivity index (χ2n) is 1.90. The molecule has 4 nitrogen and oxygen atoms in total. The Morgan fingerprint density at radius 3 is 3.10 bits per heavy atom. The van der Waals surface area contributed by atoms with Crippen molar-refractivity contribution in [2.24, 2.45) is 5.10 Å². The number of hydrogen-bond acceptors (Lipinski definition) is 3. The predicted molar refractivity (Wildman–Crippen MR) is 44.6 cm³/mol. The first-order chi connectivity index (χ1) is 4.83. The fourth-order valence-corrected chi connectivity index (χ4v) is 0.757. The van der Waals surface area contributed by atoms with Crippen molar-refractivity contribution in [1.82, 2.24) is 15.9 Å². The van der Waals surface area contributed by atoms with Gasteiger partial charge in [0.1, 0.15) is 0 Å². The van der Waals surface area contributed by atoms with Crippen LogP contribution in [0.5, 0.6) is 0 Å². The van der Waals surface area contributed by atoms with Gasteiger partial charge in [0, 0.05) is 19.7 Å². The molecule has 1 aliphatic heterocycles. The number of hydrogen-bond donors (Lipinski definition) is 2. The summed E-state index contributed by atoms with van der Waals surface area (Å²) >= 11 is 4.85. The van der Waals surface area contributed by atoms with Gasteiger partial charge >= 0.3 is 0 Å². The maximum absolute atomic E-state index is 4.85. The second kappa shape index (κ2) is 3.36. The van der Waals surface area contributed by atoms with E-state index in [1.807, 2.05) is 6.21 Å². The van der Waals surface area contributed by atoms with E-state index in [-0.39, 0.29) is 0 Å². The summed E-state index contributed by atoms with van der Waals surface area (Å²) in [7, 11) is 1.77. The van der Waals surface area contributed by atoms with Gasteiger partial charge < -0.3 is 5.32 Å². The number of rotatable bonds is 1. The molecule has 1 aliphatic rings. The van der Waals surface area contributed by atoms with E-state index in [0.29, 0.717) is 5.11 Å². The van der Waals surface area contributed by atoms with Crippen molar-refractivity contribution in [3.8, 4) is 0 Å². The highest BCUT2D eigenvalue weighted by Crippen LogP contribution is 1.93. The Labute approximate surface area is 65.2 Å². The SMILES string of the molecule is CNC(=S)NN1CCC=N1. The lowest BCUT2D eigenvalue weighted by molar-refractivity contribution is 0.274. The van der Waals surface area contributed by atoms with Crippen molar-refractivity contribution in [3.05, 3.63) is 0 Å². The molecular formula is C5H10N4S. The van der Waals surface area contributed by atoms with Crippen LogP contribution in [0.2, 0.25) is 0 Å². The molecule has 0 aromatic carbocycles. The van der Waals surface area contributed by atoms with E-state index in [2.05, 4.69) is 15.8 Å². The van der Waals surface area contributed by atoms with Gasteiger partial charge in [0.15, 0.2) is 5.11 Å². The number of hydrazone groups is 1. The third-order valence-electron chi connectivity index (χ3n) is 1.15. The molecule has 0 saturated carbocycles. The summed E-state index contributed by atoms with van der Waals surface area (Å²) in [5.41, 5.74) is 2.88. The minimum atomic E-state index is 0.596. The third-order valence-corrected chi connectivity index (χ3v) is 1.44. The molecule has 0 atom stereocenters. The van der Waals surface area contributed by atoms with E-state index in [1.165, 1.54) is 0 Å². The van der Waals surface area contributed by atoms with Crippen LogP contribution in [-0.2, 0) is 0 Å². The largest absolute Gasteiger partial charge is 0.364 e. The molecule has 0 unspecified atom stereocenters. The van der Waals surface area contributed by atoms with Gasteiger partial charge in [-0.3, -0.25) is 5.43 Å². The number of hydrazine groups is 1. The number of thiocarbonyl (C=S) groups is 1. The van der Waals surface area contributed by atoms with Crippen molar-refractivity contribution in [2.45, 2.75) is 6.42 Å². The van der Waals surface area contributed by atoms with Gasteiger partial charge in [-0.1, -0.05) is 0 Å². The topological polar surface area (TPSA) is 39.7 Å². The molecule has 1 heterocycles. The third kappa shape index (κ3) is 1.84. The van der Waals surface area contributed by atoms with Crippen LogP contribution in [0.3, 0.4) is 0 Å². The van der Waals surface area contributed by atoms with Crippen LogP contribution in [0.15, 0.2) is 5.10 Å². The van der Waals surface area contributed by atoms with Crippen LogP contribution in [0, 0.1) is 0 Å². The Balaban J connectivity index is 2.24. The normalized spacial score (nSPS) is 15.5. The first-order valence-electron chi connectivity index (χ1n) is 3.11. The van der Waals surface area contributed by atoms with Gasteiger partial charge in [0.25, 0.3) is 0 Å². The number of nitrogens with one attached hydrogen (secondary N) is 2. The highest BCUT2D eigenvalue weighted by molar-refractivity contribution is 7.80. The van der Waals surface area contributed by atoms with Crippen LogP contribution in [0.25, 0.3) is 0 Å². The zero-order valence-corrected chi connectivity index (χ0v) is 6.61. The Bertz CT molecular complexity index is 156. The van der Waals surface area contributed by atoms with Gasteiger partial charge in [0.05, 0.1) is 6.54 Å². The average molecular weight is 158 g/mol. The fraction of sp³-hybridized carbons (Fsp3) is 0.600. The molecular weight excluding hydrogens is 148 g/mol. The molecule has 0 aliphatic carbocycles. The summed E-state index contributed by atoms with van der Waals surface area (Å²) < 4.78 is 0. The van der Waals surface area contributed by atoms with E-state index >= 15 is 0 Å². The molecule has 2 N–H and O–H groups in total. The van der Waals surface area contributed by atoms with Crippen molar-refractivity contribution >= 4 is 23.5 Å². The number of nitrogens with zero attached hydrogens (tertiary/aromatic N) is 2. The predicted octanol–water partition coefficient (Wildman–Crippen LogP) is -0.313. The Kier molecular flexibility index (Phi) is 2.44. The summed E-state index contributed by atoms with van der Waals surface area (Å²) in [6.45, 7) is 0.891. The van der Waals surface area contributed by atoms with Gasteiger partial charge in [-0.25, -0.2) is 5.12 Å². The lowest BCUT2D eigenvalue weighted by atomic mass is 10.5. The van der Waals surface area contributed by atoms with Gasteiger partial charge in [-0.15, -0.1) is 0 Å². The van der Waals surface area contributed by atoms with Gasteiger partial charge in [-0.2, -0.15) is 5.10 Å². The van der Waals surface area contributed by atoms with Gasteiger partial charge in [-0.05, 0) is 12.2 Å². The first kappa shape index (κ1) is 7.27. The molecule has 10 heavy (non-hydrogen) atoms. The van der Waals surface area contributed by atoms with E-state index in [0.717, 1.165) is 13.0 Å². The van der Waals surface area contributed by atoms with Crippen LogP contribution >= 0.6 is 12.2 Å². The van der Waals surface area contributed by atoms with E-state index < -0.39 is 0 Å². The molecule has 0 bridgehead atoms. The van der Waals surface area contributed by atoms with Crippen LogP contribution in [-0.4, -0.2) is 30.0 Å². The summed E-state index contributed by atoms with van der Waals surface area (Å²) in [6.07, 6.45) is 2.84. The minimum Gasteiger partial charge on any atom is -0.364 e. The maximum Gasteiger partial charge on any atom is 0.186 e. The van der Waals surface area contributed by atoms with Gasteiger partial charge in [0.2, 0.25) is 0 Å². The fourth-order valence-electron chi connectivity index (χ4n) is 0.652. The molecule has 0 spiro atoms. The van der Waals surface area contributed by atoms with Crippen LogP contribution in [0.1, 0.15) is 6.42 Å². The van der Waals surface area contributed by atoms with Crippen molar-refractivity contribution in [3.63, 3.8) is 0 Å². The lowest BCUT2D eigenvalue weighted by Gasteiger charge is -2.15. The molecule has 0 aromatic rings. The Morgan fingerprint density at radius 2 is 2.60 bits per heavy atom.